The molecule has 1 amide bonds. The summed E-state index contributed by atoms with van der Waals surface area (Å²) in [6.45, 7) is 1.97. The molecule has 0 unspecified atom stereocenters. The summed E-state index contributed by atoms with van der Waals surface area (Å²) in [7, 11) is 0. The zero-order chi connectivity index (χ0) is 21.6. The fourth-order valence-corrected chi connectivity index (χ4v) is 3.07. The first-order valence-corrected chi connectivity index (χ1v) is 9.69. The number of rotatable bonds is 5. The Morgan fingerprint density at radius 3 is 2.52 bits per heavy atom. The van der Waals surface area contributed by atoms with Gasteiger partial charge in [-0.2, -0.15) is 10.4 Å². The number of hydrogen-bond acceptors (Lipinski definition) is 4. The van der Waals surface area contributed by atoms with Crippen LogP contribution in [-0.4, -0.2) is 20.7 Å². The zero-order valence-electron chi connectivity index (χ0n) is 16.9. The number of nitrogens with one attached hydrogen (secondary N) is 1. The molecule has 150 valence electrons. The van der Waals surface area contributed by atoms with E-state index in [1.54, 1.807) is 41.5 Å². The van der Waals surface area contributed by atoms with E-state index in [1.165, 1.54) is 0 Å². The standard InChI is InChI=1S/C25H19N5O/c1-18-9-11-22(12-10-18)28-25(31)20(15-26)14-21-17-30(23-7-3-2-4-8-23)29-24(21)19-6-5-13-27-16-19/h2-14,16-17H,1H3,(H,28,31)/b20-14+. The topological polar surface area (TPSA) is 83.6 Å². The van der Waals surface area contributed by atoms with Crippen LogP contribution >= 0.6 is 0 Å². The highest BCUT2D eigenvalue weighted by molar-refractivity contribution is 6.10. The number of amides is 1. The molecule has 0 aliphatic carbocycles. The lowest BCUT2D eigenvalue weighted by atomic mass is 10.1. The lowest BCUT2D eigenvalue weighted by Gasteiger charge is -2.04. The summed E-state index contributed by atoms with van der Waals surface area (Å²) >= 11 is 0. The maximum absolute atomic E-state index is 12.7. The monoisotopic (exact) mass is 405 g/mol. The number of aryl methyl sites for hydroxylation is 1. The van der Waals surface area contributed by atoms with E-state index in [-0.39, 0.29) is 5.57 Å². The number of carbonyl (C=O) groups excluding carboxylic acids is 1. The molecule has 2 heterocycles. The van der Waals surface area contributed by atoms with Crippen molar-refractivity contribution in [1.82, 2.24) is 14.8 Å². The van der Waals surface area contributed by atoms with E-state index in [9.17, 15) is 10.1 Å². The highest BCUT2D eigenvalue weighted by atomic mass is 16.1. The third-order valence-corrected chi connectivity index (χ3v) is 4.67. The molecule has 0 spiro atoms. The van der Waals surface area contributed by atoms with E-state index < -0.39 is 5.91 Å². The molecule has 6 heteroatoms. The molecule has 0 saturated carbocycles. The number of nitrogens with zero attached hydrogens (tertiary/aromatic N) is 4. The summed E-state index contributed by atoms with van der Waals surface area (Å²) < 4.78 is 1.72. The predicted molar refractivity (Wildman–Crippen MR) is 120 cm³/mol. The molecule has 0 fully saturated rings. The quantitative estimate of drug-likeness (QED) is 0.382. The first-order valence-electron chi connectivity index (χ1n) is 9.69. The van der Waals surface area contributed by atoms with E-state index in [0.29, 0.717) is 16.9 Å². The fraction of sp³-hybridized carbons (Fsp3) is 0.0400. The van der Waals surface area contributed by atoms with Crippen molar-refractivity contribution in [2.24, 2.45) is 0 Å². The Morgan fingerprint density at radius 2 is 1.84 bits per heavy atom. The molecule has 4 rings (SSSR count). The van der Waals surface area contributed by atoms with Gasteiger partial charge in [-0.25, -0.2) is 4.68 Å². The number of pyridine rings is 1. The smallest absolute Gasteiger partial charge is 0.266 e. The second-order valence-corrected chi connectivity index (χ2v) is 6.94. The summed E-state index contributed by atoms with van der Waals surface area (Å²) in [5.41, 5.74) is 4.64. The molecule has 0 saturated heterocycles. The third kappa shape index (κ3) is 4.57. The van der Waals surface area contributed by atoms with Crippen LogP contribution in [0.2, 0.25) is 0 Å². The minimum Gasteiger partial charge on any atom is -0.321 e. The van der Waals surface area contributed by atoms with Crippen molar-refractivity contribution >= 4 is 17.7 Å². The van der Waals surface area contributed by atoms with E-state index in [1.807, 2.05) is 67.6 Å². The van der Waals surface area contributed by atoms with Crippen LogP contribution in [-0.2, 0) is 4.79 Å². The zero-order valence-corrected chi connectivity index (χ0v) is 16.9. The number of para-hydroxylation sites is 1. The molecule has 2 aromatic heterocycles. The molecular weight excluding hydrogens is 386 g/mol. The minimum absolute atomic E-state index is 0.0154. The van der Waals surface area contributed by atoms with Crippen LogP contribution in [0.1, 0.15) is 11.1 Å². The number of benzene rings is 2. The van der Waals surface area contributed by atoms with E-state index in [4.69, 9.17) is 0 Å². The minimum atomic E-state index is -0.476. The van der Waals surface area contributed by atoms with Gasteiger partial charge in [0, 0.05) is 35.4 Å². The third-order valence-electron chi connectivity index (χ3n) is 4.67. The molecule has 0 aliphatic heterocycles. The van der Waals surface area contributed by atoms with E-state index >= 15 is 0 Å². The molecule has 31 heavy (non-hydrogen) atoms. The first kappa shape index (κ1) is 19.8. The fourth-order valence-electron chi connectivity index (χ4n) is 3.07. The number of anilines is 1. The van der Waals surface area contributed by atoms with Crippen molar-refractivity contribution in [1.29, 1.82) is 5.26 Å². The van der Waals surface area contributed by atoms with Crippen molar-refractivity contribution in [2.45, 2.75) is 6.92 Å². The van der Waals surface area contributed by atoms with Gasteiger partial charge in [0.1, 0.15) is 17.3 Å². The summed E-state index contributed by atoms with van der Waals surface area (Å²) in [6, 6.07) is 22.8. The van der Waals surface area contributed by atoms with Gasteiger partial charge < -0.3 is 5.32 Å². The van der Waals surface area contributed by atoms with Gasteiger partial charge in [-0.15, -0.1) is 0 Å². The lowest BCUT2D eigenvalue weighted by Crippen LogP contribution is -2.13. The predicted octanol–water partition coefficient (Wildman–Crippen LogP) is 4.79. The van der Waals surface area contributed by atoms with Crippen LogP contribution in [0.3, 0.4) is 0 Å². The highest BCUT2D eigenvalue weighted by Crippen LogP contribution is 2.25. The van der Waals surface area contributed by atoms with Crippen molar-refractivity contribution in [3.8, 4) is 23.0 Å². The molecular formula is C25H19N5O. The Hall–Kier alpha value is -4.50. The van der Waals surface area contributed by atoms with Crippen LogP contribution in [0.25, 0.3) is 23.0 Å². The number of aromatic nitrogens is 3. The molecule has 1 N–H and O–H groups in total. The molecule has 2 aromatic carbocycles. The van der Waals surface area contributed by atoms with Crippen molar-refractivity contribution in [3.05, 3.63) is 102 Å². The Morgan fingerprint density at radius 1 is 1.06 bits per heavy atom. The second kappa shape index (κ2) is 8.89. The van der Waals surface area contributed by atoms with Gasteiger partial charge in [0.2, 0.25) is 0 Å². The SMILES string of the molecule is Cc1ccc(NC(=O)/C(C#N)=C/c2cn(-c3ccccc3)nc2-c2cccnc2)cc1. The molecule has 6 nitrogen and oxygen atoms in total. The van der Waals surface area contributed by atoms with Gasteiger partial charge in [-0.1, -0.05) is 35.9 Å². The Bertz CT molecular complexity index is 1270. The average Bonchev–Trinajstić information content (AvgIpc) is 3.24. The maximum Gasteiger partial charge on any atom is 0.266 e. The van der Waals surface area contributed by atoms with E-state index in [2.05, 4.69) is 15.4 Å². The van der Waals surface area contributed by atoms with Gasteiger partial charge in [-0.05, 0) is 49.4 Å². The summed E-state index contributed by atoms with van der Waals surface area (Å²) in [6.07, 6.45) is 6.74. The Balaban J connectivity index is 1.73. The van der Waals surface area contributed by atoms with Crippen LogP contribution < -0.4 is 5.32 Å². The van der Waals surface area contributed by atoms with Crippen molar-refractivity contribution in [3.63, 3.8) is 0 Å². The number of nitriles is 1. The van der Waals surface area contributed by atoms with Crippen LogP contribution in [0.5, 0.6) is 0 Å². The molecule has 4 aromatic rings. The van der Waals surface area contributed by atoms with Gasteiger partial charge in [0.15, 0.2) is 0 Å². The second-order valence-electron chi connectivity index (χ2n) is 6.94. The summed E-state index contributed by atoms with van der Waals surface area (Å²) in [4.78, 5) is 16.9. The average molecular weight is 405 g/mol. The van der Waals surface area contributed by atoms with E-state index in [0.717, 1.165) is 16.8 Å². The van der Waals surface area contributed by atoms with Crippen LogP contribution in [0.4, 0.5) is 5.69 Å². The maximum atomic E-state index is 12.7. The van der Waals surface area contributed by atoms with Gasteiger partial charge in [0.25, 0.3) is 5.91 Å². The lowest BCUT2D eigenvalue weighted by molar-refractivity contribution is -0.112. The largest absolute Gasteiger partial charge is 0.321 e. The van der Waals surface area contributed by atoms with Crippen LogP contribution in [0.15, 0.2) is 90.9 Å². The number of carbonyl (C=O) groups is 1. The van der Waals surface area contributed by atoms with Crippen molar-refractivity contribution in [2.75, 3.05) is 5.32 Å². The Labute approximate surface area is 180 Å². The molecule has 0 radical (unpaired) electrons. The Kier molecular flexibility index (Phi) is 5.68. The molecule has 0 atom stereocenters. The highest BCUT2D eigenvalue weighted by Gasteiger charge is 2.15. The van der Waals surface area contributed by atoms with Gasteiger partial charge in [0.05, 0.1) is 5.69 Å². The van der Waals surface area contributed by atoms with Gasteiger partial charge in [-0.3, -0.25) is 9.78 Å². The summed E-state index contributed by atoms with van der Waals surface area (Å²) in [5, 5.41) is 17.1. The number of hydrogen-bond donors (Lipinski definition) is 1. The summed E-state index contributed by atoms with van der Waals surface area (Å²) in [5.74, 6) is -0.476. The molecule has 0 aliphatic rings. The normalized spacial score (nSPS) is 11.0. The van der Waals surface area contributed by atoms with Crippen molar-refractivity contribution < 1.29 is 4.79 Å². The van der Waals surface area contributed by atoms with Gasteiger partial charge >= 0.3 is 0 Å². The first-order chi connectivity index (χ1) is 15.1. The van der Waals surface area contributed by atoms with Crippen LogP contribution in [0, 0.1) is 18.3 Å². The molecule has 0 bridgehead atoms.